The van der Waals surface area contributed by atoms with Crippen molar-refractivity contribution in [3.05, 3.63) is 39.5 Å². The summed E-state index contributed by atoms with van der Waals surface area (Å²) < 4.78 is 16.1. The van der Waals surface area contributed by atoms with Crippen LogP contribution >= 0.6 is 27.5 Å². The van der Waals surface area contributed by atoms with Gasteiger partial charge < -0.3 is 10.3 Å². The third kappa shape index (κ3) is 2.22. The fraction of sp³-hybridized carbons (Fsp3) is 0.182. The Morgan fingerprint density at radius 3 is 2.82 bits per heavy atom. The van der Waals surface area contributed by atoms with Crippen molar-refractivity contribution in [3.63, 3.8) is 0 Å². The van der Waals surface area contributed by atoms with Gasteiger partial charge in [-0.25, -0.2) is 9.37 Å². The molecule has 0 unspecified atom stereocenters. The van der Waals surface area contributed by atoms with Crippen LogP contribution in [0.15, 0.2) is 22.7 Å². The molecule has 0 bridgehead atoms. The van der Waals surface area contributed by atoms with Gasteiger partial charge in [0.1, 0.15) is 22.5 Å². The molecule has 0 aliphatic rings. The molecule has 1 heterocycles. The van der Waals surface area contributed by atoms with Crippen LogP contribution in [0.2, 0.25) is 5.15 Å². The first kappa shape index (κ1) is 12.5. The lowest BCUT2D eigenvalue weighted by Gasteiger charge is -2.01. The molecule has 3 nitrogen and oxygen atoms in total. The molecule has 0 saturated carbocycles. The zero-order valence-electron chi connectivity index (χ0n) is 9.04. The van der Waals surface area contributed by atoms with Gasteiger partial charge in [0.25, 0.3) is 0 Å². The molecule has 2 N–H and O–H groups in total. The number of aromatic nitrogens is 2. The number of benzene rings is 1. The van der Waals surface area contributed by atoms with Crippen molar-refractivity contribution in [1.82, 2.24) is 9.55 Å². The Morgan fingerprint density at radius 2 is 2.24 bits per heavy atom. The van der Waals surface area contributed by atoms with Crippen LogP contribution in [0, 0.1) is 5.82 Å². The SMILES string of the molecule is Cn1c(CN)nc(-c2cc(Br)ccc2F)c1Cl. The molecule has 2 aromatic rings. The van der Waals surface area contributed by atoms with E-state index >= 15 is 0 Å². The molecule has 1 aromatic heterocycles. The van der Waals surface area contributed by atoms with Gasteiger partial charge >= 0.3 is 0 Å². The van der Waals surface area contributed by atoms with Crippen molar-refractivity contribution in [2.45, 2.75) is 6.54 Å². The van der Waals surface area contributed by atoms with E-state index in [9.17, 15) is 4.39 Å². The lowest BCUT2D eigenvalue weighted by molar-refractivity contribution is 0.630. The van der Waals surface area contributed by atoms with Crippen molar-refractivity contribution < 1.29 is 4.39 Å². The predicted molar refractivity (Wildman–Crippen MR) is 69.2 cm³/mol. The molecule has 0 aliphatic heterocycles. The maximum absolute atomic E-state index is 13.7. The highest BCUT2D eigenvalue weighted by Gasteiger charge is 2.17. The summed E-state index contributed by atoms with van der Waals surface area (Å²) in [5.41, 5.74) is 6.31. The van der Waals surface area contributed by atoms with Gasteiger partial charge in [-0.15, -0.1) is 0 Å². The van der Waals surface area contributed by atoms with E-state index in [2.05, 4.69) is 20.9 Å². The normalized spacial score (nSPS) is 10.9. The van der Waals surface area contributed by atoms with Gasteiger partial charge in [-0.3, -0.25) is 0 Å². The van der Waals surface area contributed by atoms with E-state index in [0.29, 0.717) is 22.2 Å². The van der Waals surface area contributed by atoms with Crippen molar-refractivity contribution >= 4 is 27.5 Å². The van der Waals surface area contributed by atoms with Crippen molar-refractivity contribution in [3.8, 4) is 11.3 Å². The third-order valence-electron chi connectivity index (χ3n) is 2.48. The average molecular weight is 319 g/mol. The Kier molecular flexibility index (Phi) is 3.51. The summed E-state index contributed by atoms with van der Waals surface area (Å²) in [6.07, 6.45) is 0. The Bertz CT molecular complexity index is 568. The van der Waals surface area contributed by atoms with Gasteiger partial charge in [0.05, 0.1) is 6.54 Å². The summed E-state index contributed by atoms with van der Waals surface area (Å²) in [6.45, 7) is 0.256. The second-order valence-electron chi connectivity index (χ2n) is 3.55. The zero-order chi connectivity index (χ0) is 12.6. The van der Waals surface area contributed by atoms with Crippen LogP contribution < -0.4 is 5.73 Å². The van der Waals surface area contributed by atoms with Crippen LogP contribution in [0.3, 0.4) is 0 Å². The molecule has 0 saturated heterocycles. The topological polar surface area (TPSA) is 43.8 Å². The van der Waals surface area contributed by atoms with Crippen LogP contribution in [-0.4, -0.2) is 9.55 Å². The molecule has 2 rings (SSSR count). The van der Waals surface area contributed by atoms with Crippen LogP contribution in [0.25, 0.3) is 11.3 Å². The summed E-state index contributed by atoms with van der Waals surface area (Å²) in [4.78, 5) is 4.25. The lowest BCUT2D eigenvalue weighted by atomic mass is 10.1. The zero-order valence-corrected chi connectivity index (χ0v) is 11.4. The maximum atomic E-state index is 13.7. The van der Waals surface area contributed by atoms with E-state index in [4.69, 9.17) is 17.3 Å². The quantitative estimate of drug-likeness (QED) is 0.924. The number of rotatable bonds is 2. The van der Waals surface area contributed by atoms with Gasteiger partial charge in [0.15, 0.2) is 0 Å². The van der Waals surface area contributed by atoms with Crippen LogP contribution in [0.1, 0.15) is 5.82 Å². The van der Waals surface area contributed by atoms with Gasteiger partial charge in [0.2, 0.25) is 0 Å². The standard InChI is InChI=1S/C11H10BrClFN3/c1-17-9(5-15)16-10(11(17)13)7-4-6(12)2-3-8(7)14/h2-4H,5,15H2,1H3. The smallest absolute Gasteiger partial charge is 0.136 e. The summed E-state index contributed by atoms with van der Waals surface area (Å²) in [5.74, 6) is 0.251. The average Bonchev–Trinajstić information content (AvgIpc) is 2.59. The Morgan fingerprint density at radius 1 is 1.53 bits per heavy atom. The van der Waals surface area contributed by atoms with Gasteiger partial charge in [0, 0.05) is 17.1 Å². The first-order chi connectivity index (χ1) is 8.04. The predicted octanol–water partition coefficient (Wildman–Crippen LogP) is 3.10. The number of nitrogens with zero attached hydrogens (tertiary/aromatic N) is 2. The minimum Gasteiger partial charge on any atom is -0.324 e. The van der Waals surface area contributed by atoms with Crippen molar-refractivity contribution in [2.24, 2.45) is 12.8 Å². The fourth-order valence-electron chi connectivity index (χ4n) is 1.56. The van der Waals surface area contributed by atoms with Crippen molar-refractivity contribution in [2.75, 3.05) is 0 Å². The molecule has 0 atom stereocenters. The van der Waals surface area contributed by atoms with Crippen LogP contribution in [-0.2, 0) is 13.6 Å². The first-order valence-corrected chi connectivity index (χ1v) is 6.08. The van der Waals surface area contributed by atoms with E-state index in [1.165, 1.54) is 6.07 Å². The summed E-state index contributed by atoms with van der Waals surface area (Å²) in [5, 5.41) is 0.377. The number of hydrogen-bond acceptors (Lipinski definition) is 2. The maximum Gasteiger partial charge on any atom is 0.136 e. The highest BCUT2D eigenvalue weighted by Crippen LogP contribution is 2.31. The van der Waals surface area contributed by atoms with Gasteiger partial charge in [-0.05, 0) is 18.2 Å². The highest BCUT2D eigenvalue weighted by atomic mass is 79.9. The summed E-state index contributed by atoms with van der Waals surface area (Å²) in [7, 11) is 1.75. The fourth-order valence-corrected chi connectivity index (χ4v) is 2.16. The van der Waals surface area contributed by atoms with Crippen molar-refractivity contribution in [1.29, 1.82) is 0 Å². The Labute approximate surface area is 112 Å². The molecule has 0 radical (unpaired) electrons. The molecule has 1 aromatic carbocycles. The van der Waals surface area contributed by atoms with E-state index in [1.807, 2.05) is 0 Å². The molecular weight excluding hydrogens is 308 g/mol. The molecule has 0 amide bonds. The third-order valence-corrected chi connectivity index (χ3v) is 3.41. The monoisotopic (exact) mass is 317 g/mol. The molecule has 17 heavy (non-hydrogen) atoms. The van der Waals surface area contributed by atoms with Crippen LogP contribution in [0.5, 0.6) is 0 Å². The minimum atomic E-state index is -0.364. The number of halogens is 3. The van der Waals surface area contributed by atoms with Crippen LogP contribution in [0.4, 0.5) is 4.39 Å². The number of hydrogen-bond donors (Lipinski definition) is 1. The largest absolute Gasteiger partial charge is 0.324 e. The second-order valence-corrected chi connectivity index (χ2v) is 4.83. The first-order valence-electron chi connectivity index (χ1n) is 4.91. The summed E-state index contributed by atoms with van der Waals surface area (Å²) in [6, 6.07) is 4.63. The molecule has 90 valence electrons. The molecule has 0 spiro atoms. The lowest BCUT2D eigenvalue weighted by Crippen LogP contribution is -2.04. The summed E-state index contributed by atoms with van der Waals surface area (Å²) >= 11 is 9.41. The highest BCUT2D eigenvalue weighted by molar-refractivity contribution is 9.10. The molecule has 0 fully saturated rings. The Balaban J connectivity index is 2.64. The molecule has 6 heteroatoms. The molecule has 0 aliphatic carbocycles. The Hall–Kier alpha value is -0.910. The molecular formula is C11H10BrClFN3. The van der Waals surface area contributed by atoms with E-state index in [0.717, 1.165) is 4.47 Å². The van der Waals surface area contributed by atoms with E-state index < -0.39 is 0 Å². The van der Waals surface area contributed by atoms with E-state index in [-0.39, 0.29) is 12.4 Å². The number of nitrogens with two attached hydrogens (primary N) is 1. The second kappa shape index (κ2) is 4.76. The van der Waals surface area contributed by atoms with Gasteiger partial charge in [-0.1, -0.05) is 27.5 Å². The number of imidazole rings is 1. The van der Waals surface area contributed by atoms with Gasteiger partial charge in [-0.2, -0.15) is 0 Å². The van der Waals surface area contributed by atoms with E-state index in [1.54, 1.807) is 23.7 Å². The minimum absolute atomic E-state index is 0.256.